The lowest BCUT2D eigenvalue weighted by molar-refractivity contribution is -0.136. The van der Waals surface area contributed by atoms with Crippen molar-refractivity contribution in [2.24, 2.45) is 0 Å². The number of nitrogens with one attached hydrogen (secondary N) is 1. The number of hydrogen-bond donors (Lipinski definition) is 1. The normalized spacial score (nSPS) is 19.6. The van der Waals surface area contributed by atoms with Crippen LogP contribution in [0, 0.1) is 0 Å². The van der Waals surface area contributed by atoms with Gasteiger partial charge in [-0.15, -0.1) is 0 Å². The number of carbonyl (C=O) groups excluding carboxylic acids is 2. The van der Waals surface area contributed by atoms with Crippen molar-refractivity contribution in [3.05, 3.63) is 30.1 Å². The van der Waals surface area contributed by atoms with Crippen molar-refractivity contribution in [3.63, 3.8) is 0 Å². The summed E-state index contributed by atoms with van der Waals surface area (Å²) in [7, 11) is -1.51. The van der Waals surface area contributed by atoms with Gasteiger partial charge in [0.05, 0.1) is 23.7 Å². The zero-order chi connectivity index (χ0) is 16.2. The second-order valence-corrected chi connectivity index (χ2v) is 7.56. The van der Waals surface area contributed by atoms with Gasteiger partial charge >= 0.3 is 0 Å². The first-order valence-electron chi connectivity index (χ1n) is 7.00. The predicted octanol–water partition coefficient (Wildman–Crippen LogP) is -0.267. The first-order valence-corrected chi connectivity index (χ1v) is 8.82. The summed E-state index contributed by atoms with van der Waals surface area (Å²) in [4.78, 5) is 29.2. The highest BCUT2D eigenvalue weighted by Crippen LogP contribution is 2.17. The van der Waals surface area contributed by atoms with Crippen LogP contribution in [0.1, 0.15) is 18.5 Å². The predicted molar refractivity (Wildman–Crippen MR) is 80.5 cm³/mol. The maximum Gasteiger partial charge on any atom is 0.232 e. The Bertz CT molecular complexity index is 645. The minimum Gasteiger partial charge on any atom is -0.350 e. The Morgan fingerprint density at radius 2 is 2.18 bits per heavy atom. The topological polar surface area (TPSA) is 96.4 Å². The molecule has 1 atom stereocenters. The number of nitrogens with zero attached hydrogens (tertiary/aromatic N) is 2. The van der Waals surface area contributed by atoms with Crippen LogP contribution >= 0.6 is 0 Å². The minimum atomic E-state index is -3.05. The fraction of sp³-hybridized carbons (Fsp3) is 0.500. The molecule has 7 nitrogen and oxygen atoms in total. The van der Waals surface area contributed by atoms with Crippen LogP contribution in [0.3, 0.4) is 0 Å². The van der Waals surface area contributed by atoms with E-state index in [1.54, 1.807) is 25.4 Å². The number of amides is 2. The van der Waals surface area contributed by atoms with Gasteiger partial charge in [-0.25, -0.2) is 8.42 Å². The lowest BCUT2D eigenvalue weighted by Crippen LogP contribution is -2.40. The van der Waals surface area contributed by atoms with E-state index in [0.717, 1.165) is 0 Å². The quantitative estimate of drug-likeness (QED) is 0.752. The third-order valence-electron chi connectivity index (χ3n) is 3.65. The fourth-order valence-corrected chi connectivity index (χ4v) is 4.08. The summed E-state index contributed by atoms with van der Waals surface area (Å²) in [5.74, 6) is -0.699. The average molecular weight is 325 g/mol. The number of carbonyl (C=O) groups is 2. The Morgan fingerprint density at radius 1 is 1.41 bits per heavy atom. The van der Waals surface area contributed by atoms with Crippen LogP contribution in [0.4, 0.5) is 0 Å². The third-order valence-corrected chi connectivity index (χ3v) is 5.40. The highest BCUT2D eigenvalue weighted by molar-refractivity contribution is 7.91. The molecule has 1 aromatic rings. The van der Waals surface area contributed by atoms with Crippen molar-refractivity contribution in [3.8, 4) is 0 Å². The minimum absolute atomic E-state index is 0.0230. The van der Waals surface area contributed by atoms with Crippen molar-refractivity contribution in [1.29, 1.82) is 0 Å². The van der Waals surface area contributed by atoms with Gasteiger partial charge in [-0.1, -0.05) is 6.07 Å². The van der Waals surface area contributed by atoms with E-state index >= 15 is 0 Å². The Morgan fingerprint density at radius 3 is 2.77 bits per heavy atom. The van der Waals surface area contributed by atoms with Crippen molar-refractivity contribution in [2.45, 2.75) is 25.4 Å². The molecule has 0 radical (unpaired) electrons. The van der Waals surface area contributed by atoms with E-state index in [1.807, 2.05) is 6.07 Å². The standard InChI is InChI=1S/C14H19N3O4S/c1-17(12-5-7-22(20,21)10-12)14(19)8-13(18)16-9-11-4-2-3-6-15-11/h2-4,6,12H,5,7-10H2,1H3,(H,16,18). The Balaban J connectivity index is 1.80. The van der Waals surface area contributed by atoms with Gasteiger partial charge < -0.3 is 10.2 Å². The first-order chi connectivity index (χ1) is 10.4. The van der Waals surface area contributed by atoms with Gasteiger partial charge in [-0.05, 0) is 18.6 Å². The maximum atomic E-state index is 12.0. The number of sulfone groups is 1. The molecule has 120 valence electrons. The van der Waals surface area contributed by atoms with Crippen LogP contribution in [0.2, 0.25) is 0 Å². The van der Waals surface area contributed by atoms with Gasteiger partial charge in [-0.3, -0.25) is 14.6 Å². The maximum absolute atomic E-state index is 12.0. The van der Waals surface area contributed by atoms with E-state index in [0.29, 0.717) is 12.1 Å². The van der Waals surface area contributed by atoms with Gasteiger partial charge in [0, 0.05) is 19.3 Å². The molecule has 1 aromatic heterocycles. The Kier molecular flexibility index (Phi) is 5.12. The Labute approximate surface area is 129 Å². The van der Waals surface area contributed by atoms with E-state index in [9.17, 15) is 18.0 Å². The van der Waals surface area contributed by atoms with E-state index in [4.69, 9.17) is 0 Å². The summed E-state index contributed by atoms with van der Waals surface area (Å²) in [6.45, 7) is 0.258. The lowest BCUT2D eigenvalue weighted by atomic mass is 10.2. The molecule has 1 unspecified atom stereocenters. The summed E-state index contributed by atoms with van der Waals surface area (Å²) in [5, 5.41) is 2.62. The second-order valence-electron chi connectivity index (χ2n) is 5.34. The van der Waals surface area contributed by atoms with Gasteiger partial charge in [0.1, 0.15) is 6.42 Å². The molecule has 1 aliphatic rings. The largest absolute Gasteiger partial charge is 0.350 e. The molecular weight excluding hydrogens is 306 g/mol. The van der Waals surface area contributed by atoms with E-state index in [-0.39, 0.29) is 36.4 Å². The number of rotatable bonds is 5. The van der Waals surface area contributed by atoms with Crippen LogP contribution in [0.25, 0.3) is 0 Å². The van der Waals surface area contributed by atoms with E-state index in [2.05, 4.69) is 10.3 Å². The molecule has 0 spiro atoms. The number of aromatic nitrogens is 1. The SMILES string of the molecule is CN(C(=O)CC(=O)NCc1ccccn1)C1CCS(=O)(=O)C1. The average Bonchev–Trinajstić information content (AvgIpc) is 2.85. The van der Waals surface area contributed by atoms with Crippen molar-refractivity contribution in [1.82, 2.24) is 15.2 Å². The van der Waals surface area contributed by atoms with Crippen molar-refractivity contribution in [2.75, 3.05) is 18.6 Å². The number of hydrogen-bond acceptors (Lipinski definition) is 5. The van der Waals surface area contributed by atoms with Crippen LogP contribution < -0.4 is 5.32 Å². The summed E-state index contributed by atoms with van der Waals surface area (Å²) >= 11 is 0. The van der Waals surface area contributed by atoms with Crippen LogP contribution in [-0.2, 0) is 26.0 Å². The second kappa shape index (κ2) is 6.87. The monoisotopic (exact) mass is 325 g/mol. The van der Waals surface area contributed by atoms with Crippen molar-refractivity contribution < 1.29 is 18.0 Å². The molecule has 1 saturated heterocycles. The van der Waals surface area contributed by atoms with Gasteiger partial charge in [-0.2, -0.15) is 0 Å². The molecule has 22 heavy (non-hydrogen) atoms. The van der Waals surface area contributed by atoms with Crippen LogP contribution in [-0.4, -0.2) is 54.7 Å². The van der Waals surface area contributed by atoms with Gasteiger partial charge in [0.15, 0.2) is 9.84 Å². The number of pyridine rings is 1. The summed E-state index contributed by atoms with van der Waals surface area (Å²) in [6.07, 6.45) is 1.76. The van der Waals surface area contributed by atoms with E-state index in [1.165, 1.54) is 4.90 Å². The highest BCUT2D eigenvalue weighted by Gasteiger charge is 2.33. The van der Waals surface area contributed by atoms with Crippen LogP contribution in [0.15, 0.2) is 24.4 Å². The molecule has 2 amide bonds. The molecule has 0 bridgehead atoms. The lowest BCUT2D eigenvalue weighted by Gasteiger charge is -2.23. The first kappa shape index (κ1) is 16.4. The molecule has 1 N–H and O–H groups in total. The zero-order valence-corrected chi connectivity index (χ0v) is 13.2. The molecule has 2 heterocycles. The molecule has 2 rings (SSSR count). The highest BCUT2D eigenvalue weighted by atomic mass is 32.2. The van der Waals surface area contributed by atoms with E-state index < -0.39 is 15.7 Å². The molecule has 1 fully saturated rings. The molecular formula is C14H19N3O4S. The fourth-order valence-electron chi connectivity index (χ4n) is 2.30. The summed E-state index contributed by atoms with van der Waals surface area (Å²) in [6, 6.07) is 5.03. The van der Waals surface area contributed by atoms with Gasteiger partial charge in [0.2, 0.25) is 11.8 Å². The zero-order valence-electron chi connectivity index (χ0n) is 12.4. The molecule has 8 heteroatoms. The van der Waals surface area contributed by atoms with Crippen LogP contribution in [0.5, 0.6) is 0 Å². The third kappa shape index (κ3) is 4.52. The summed E-state index contributed by atoms with van der Waals surface area (Å²) in [5.41, 5.74) is 0.707. The molecule has 1 aliphatic heterocycles. The molecule has 0 aromatic carbocycles. The Hall–Kier alpha value is -1.96. The molecule has 0 saturated carbocycles. The van der Waals surface area contributed by atoms with Crippen molar-refractivity contribution >= 4 is 21.7 Å². The molecule has 0 aliphatic carbocycles. The smallest absolute Gasteiger partial charge is 0.232 e. The summed E-state index contributed by atoms with van der Waals surface area (Å²) < 4.78 is 22.9. The van der Waals surface area contributed by atoms with Gasteiger partial charge in [0.25, 0.3) is 0 Å².